The van der Waals surface area contributed by atoms with Gasteiger partial charge in [0, 0.05) is 6.42 Å². The first kappa shape index (κ1) is 15.9. The number of carbonyl (C=O) groups excluding carboxylic acids is 1. The minimum atomic E-state index is -0.934. The van der Waals surface area contributed by atoms with Gasteiger partial charge in [0.15, 0.2) is 0 Å². The Morgan fingerprint density at radius 3 is 2.55 bits per heavy atom. The second-order valence-electron chi connectivity index (χ2n) is 5.33. The van der Waals surface area contributed by atoms with Crippen LogP contribution in [0.3, 0.4) is 0 Å². The van der Waals surface area contributed by atoms with Crippen molar-refractivity contribution in [2.75, 3.05) is 5.32 Å². The van der Waals surface area contributed by atoms with Crippen molar-refractivity contribution in [1.82, 2.24) is 0 Å². The molecule has 0 atom stereocenters. The lowest BCUT2D eigenvalue weighted by Crippen LogP contribution is -2.27. The van der Waals surface area contributed by atoms with E-state index in [2.05, 4.69) is 5.32 Å². The van der Waals surface area contributed by atoms with Gasteiger partial charge in [-0.3, -0.25) is 10.1 Å². The zero-order valence-corrected chi connectivity index (χ0v) is 11.7. The van der Waals surface area contributed by atoms with Crippen LogP contribution in [0, 0.1) is 5.82 Å². The van der Waals surface area contributed by atoms with Crippen LogP contribution in [0.25, 0.3) is 0 Å². The molecule has 0 aromatic heterocycles. The minimum absolute atomic E-state index is 0.0258. The SMILES string of the molecule is CC(C)(C)OC(=O)Nc1cc(CCC(=O)O)ccc1F. The monoisotopic (exact) mass is 283 g/mol. The zero-order valence-electron chi connectivity index (χ0n) is 11.7. The van der Waals surface area contributed by atoms with E-state index in [9.17, 15) is 14.0 Å². The summed E-state index contributed by atoms with van der Waals surface area (Å²) < 4.78 is 18.6. The number of rotatable bonds is 4. The zero-order chi connectivity index (χ0) is 15.3. The highest BCUT2D eigenvalue weighted by Crippen LogP contribution is 2.18. The highest BCUT2D eigenvalue weighted by atomic mass is 19.1. The molecule has 0 saturated heterocycles. The third-order valence-electron chi connectivity index (χ3n) is 2.29. The highest BCUT2D eigenvalue weighted by Gasteiger charge is 2.17. The Bertz CT molecular complexity index is 508. The summed E-state index contributed by atoms with van der Waals surface area (Å²) in [6.07, 6.45) is -0.553. The molecule has 20 heavy (non-hydrogen) atoms. The third-order valence-corrected chi connectivity index (χ3v) is 2.29. The number of benzene rings is 1. The van der Waals surface area contributed by atoms with E-state index in [1.807, 2.05) is 0 Å². The maximum Gasteiger partial charge on any atom is 0.412 e. The summed E-state index contributed by atoms with van der Waals surface area (Å²) in [7, 11) is 0. The standard InChI is InChI=1S/C14H18FNO4/c1-14(2,3)20-13(19)16-11-8-9(4-6-10(11)15)5-7-12(17)18/h4,6,8H,5,7H2,1-3H3,(H,16,19)(H,17,18). The van der Waals surface area contributed by atoms with E-state index in [0.29, 0.717) is 5.56 Å². The summed E-state index contributed by atoms with van der Waals surface area (Å²) in [5, 5.41) is 10.9. The van der Waals surface area contributed by atoms with E-state index in [4.69, 9.17) is 9.84 Å². The van der Waals surface area contributed by atoms with Crippen LogP contribution in [0.4, 0.5) is 14.9 Å². The van der Waals surface area contributed by atoms with Crippen LogP contribution < -0.4 is 5.32 Å². The normalized spacial score (nSPS) is 11.0. The lowest BCUT2D eigenvalue weighted by atomic mass is 10.1. The molecule has 6 heteroatoms. The van der Waals surface area contributed by atoms with Crippen molar-refractivity contribution in [2.45, 2.75) is 39.2 Å². The largest absolute Gasteiger partial charge is 0.481 e. The van der Waals surface area contributed by atoms with E-state index in [0.717, 1.165) is 0 Å². The van der Waals surface area contributed by atoms with E-state index in [1.54, 1.807) is 20.8 Å². The van der Waals surface area contributed by atoms with E-state index in [1.165, 1.54) is 18.2 Å². The molecule has 0 heterocycles. The van der Waals surface area contributed by atoms with Crippen LogP contribution in [-0.2, 0) is 16.0 Å². The molecule has 1 aromatic carbocycles. The number of halogens is 1. The topological polar surface area (TPSA) is 75.6 Å². The van der Waals surface area contributed by atoms with E-state index in [-0.39, 0.29) is 18.5 Å². The van der Waals surface area contributed by atoms with Crippen molar-refractivity contribution in [3.63, 3.8) is 0 Å². The van der Waals surface area contributed by atoms with Crippen LogP contribution in [0.15, 0.2) is 18.2 Å². The van der Waals surface area contributed by atoms with Crippen molar-refractivity contribution < 1.29 is 23.8 Å². The van der Waals surface area contributed by atoms with Gasteiger partial charge in [-0.2, -0.15) is 0 Å². The van der Waals surface area contributed by atoms with E-state index < -0.39 is 23.5 Å². The lowest BCUT2D eigenvalue weighted by Gasteiger charge is -2.20. The highest BCUT2D eigenvalue weighted by molar-refractivity contribution is 5.85. The van der Waals surface area contributed by atoms with Gasteiger partial charge < -0.3 is 9.84 Å². The smallest absolute Gasteiger partial charge is 0.412 e. The molecular formula is C14H18FNO4. The number of anilines is 1. The van der Waals surface area contributed by atoms with E-state index >= 15 is 0 Å². The Kier molecular flexibility index (Phi) is 5.07. The minimum Gasteiger partial charge on any atom is -0.481 e. The molecule has 0 spiro atoms. The molecule has 5 nitrogen and oxygen atoms in total. The molecule has 1 amide bonds. The van der Waals surface area contributed by atoms with Crippen LogP contribution in [0.2, 0.25) is 0 Å². The number of hydrogen-bond acceptors (Lipinski definition) is 3. The molecule has 2 N–H and O–H groups in total. The van der Waals surface area contributed by atoms with Crippen molar-refractivity contribution >= 4 is 17.7 Å². The van der Waals surface area contributed by atoms with Gasteiger partial charge in [0.1, 0.15) is 11.4 Å². The van der Waals surface area contributed by atoms with Gasteiger partial charge in [-0.1, -0.05) is 6.07 Å². The van der Waals surface area contributed by atoms with Crippen LogP contribution in [0.1, 0.15) is 32.8 Å². The average molecular weight is 283 g/mol. The lowest BCUT2D eigenvalue weighted by molar-refractivity contribution is -0.136. The molecule has 1 aromatic rings. The molecule has 0 fully saturated rings. The second-order valence-corrected chi connectivity index (χ2v) is 5.33. The van der Waals surface area contributed by atoms with Crippen molar-refractivity contribution in [1.29, 1.82) is 0 Å². The van der Waals surface area contributed by atoms with Crippen LogP contribution in [-0.4, -0.2) is 22.8 Å². The third kappa shape index (κ3) is 5.69. The Morgan fingerprint density at radius 1 is 1.35 bits per heavy atom. The number of aryl methyl sites for hydroxylation is 1. The summed E-state index contributed by atoms with van der Waals surface area (Å²) in [5.74, 6) is -1.54. The fraction of sp³-hybridized carbons (Fsp3) is 0.429. The molecule has 0 aliphatic carbocycles. The van der Waals surface area contributed by atoms with Gasteiger partial charge in [-0.15, -0.1) is 0 Å². The summed E-state index contributed by atoms with van der Waals surface area (Å²) in [4.78, 5) is 22.1. The van der Waals surface area contributed by atoms with Crippen molar-refractivity contribution in [3.8, 4) is 0 Å². The number of aliphatic carboxylic acids is 1. The fourth-order valence-corrected chi connectivity index (χ4v) is 1.49. The number of nitrogens with one attached hydrogen (secondary N) is 1. The van der Waals surface area contributed by atoms with Crippen molar-refractivity contribution in [3.05, 3.63) is 29.6 Å². The molecular weight excluding hydrogens is 265 g/mol. The molecule has 0 aliphatic heterocycles. The molecule has 110 valence electrons. The quantitative estimate of drug-likeness (QED) is 0.889. The maximum atomic E-state index is 13.6. The first-order valence-electron chi connectivity index (χ1n) is 6.17. The second kappa shape index (κ2) is 6.36. The summed E-state index contributed by atoms with van der Waals surface area (Å²) >= 11 is 0. The number of amides is 1. The summed E-state index contributed by atoms with van der Waals surface area (Å²) in [6, 6.07) is 4.07. The Labute approximate surface area is 116 Å². The number of carboxylic acids is 1. The predicted molar refractivity (Wildman–Crippen MR) is 72.2 cm³/mol. The van der Waals surface area contributed by atoms with Gasteiger partial charge in [-0.25, -0.2) is 9.18 Å². The fourth-order valence-electron chi connectivity index (χ4n) is 1.49. The molecule has 0 saturated carbocycles. The van der Waals surface area contributed by atoms with Gasteiger partial charge in [0.25, 0.3) is 0 Å². The number of carboxylic acid groups (broad SMARTS) is 1. The Hall–Kier alpha value is -2.11. The molecule has 1 rings (SSSR count). The molecule has 0 bridgehead atoms. The maximum absolute atomic E-state index is 13.6. The predicted octanol–water partition coefficient (Wildman–Crippen LogP) is 3.19. The van der Waals surface area contributed by atoms with Gasteiger partial charge in [0.2, 0.25) is 0 Å². The summed E-state index contributed by atoms with van der Waals surface area (Å²) in [6.45, 7) is 5.10. The van der Waals surface area contributed by atoms with Gasteiger partial charge in [-0.05, 0) is 44.9 Å². The van der Waals surface area contributed by atoms with Crippen molar-refractivity contribution in [2.24, 2.45) is 0 Å². The Balaban J connectivity index is 2.76. The average Bonchev–Trinajstić information content (AvgIpc) is 2.27. The van der Waals surface area contributed by atoms with Crippen LogP contribution in [0.5, 0.6) is 0 Å². The number of carbonyl (C=O) groups is 2. The van der Waals surface area contributed by atoms with Gasteiger partial charge in [0.05, 0.1) is 5.69 Å². The molecule has 0 radical (unpaired) electrons. The van der Waals surface area contributed by atoms with Gasteiger partial charge >= 0.3 is 12.1 Å². The Morgan fingerprint density at radius 2 is 2.00 bits per heavy atom. The first-order valence-corrected chi connectivity index (χ1v) is 6.17. The first-order chi connectivity index (χ1) is 9.17. The molecule has 0 unspecified atom stereocenters. The number of ether oxygens (including phenoxy) is 1. The summed E-state index contributed by atoms with van der Waals surface area (Å²) in [5.41, 5.74) is -0.0800. The molecule has 0 aliphatic rings. The van der Waals surface area contributed by atoms with Crippen LogP contribution >= 0.6 is 0 Å². The number of hydrogen-bond donors (Lipinski definition) is 2.